The van der Waals surface area contributed by atoms with Gasteiger partial charge in [0.1, 0.15) is 5.75 Å². The highest BCUT2D eigenvalue weighted by atomic mass is 16.5. The number of aliphatic imine (C=N–C) groups is 1. The number of likely N-dealkylation sites (N-methyl/N-ethyl adjacent to an activating group) is 2. The van der Waals surface area contributed by atoms with Gasteiger partial charge < -0.3 is 31.3 Å². The summed E-state index contributed by atoms with van der Waals surface area (Å²) < 4.78 is 5.69. The van der Waals surface area contributed by atoms with Crippen LogP contribution in [-0.4, -0.2) is 58.7 Å². The molecule has 0 aliphatic carbocycles. The van der Waals surface area contributed by atoms with Gasteiger partial charge in [-0.1, -0.05) is 0 Å². The minimum atomic E-state index is 0.314. The molecule has 0 radical (unpaired) electrons. The predicted octanol–water partition coefficient (Wildman–Crippen LogP) is 1.02. The molecular weight excluding hydrogens is 280 g/mol. The SMILES string of the molecule is CCOc1cc(N(C)CCN(C)C)c(N)cc1NC(N)=NC. The third kappa shape index (κ3) is 5.00. The number of ether oxygens (including phenoxy) is 1. The lowest BCUT2D eigenvalue weighted by atomic mass is 10.2. The van der Waals surface area contributed by atoms with Crippen molar-refractivity contribution in [3.63, 3.8) is 0 Å². The van der Waals surface area contributed by atoms with Crippen LogP contribution in [0.4, 0.5) is 17.1 Å². The number of guanidine groups is 1. The third-order valence-corrected chi connectivity index (χ3v) is 3.23. The molecular formula is C15H28N6O. The van der Waals surface area contributed by atoms with E-state index in [9.17, 15) is 0 Å². The topological polar surface area (TPSA) is 92.1 Å². The van der Waals surface area contributed by atoms with Gasteiger partial charge in [-0.15, -0.1) is 0 Å². The molecule has 0 atom stereocenters. The third-order valence-electron chi connectivity index (χ3n) is 3.23. The van der Waals surface area contributed by atoms with Crippen LogP contribution in [0.3, 0.4) is 0 Å². The van der Waals surface area contributed by atoms with Crippen LogP contribution in [0, 0.1) is 0 Å². The predicted molar refractivity (Wildman–Crippen MR) is 95.0 cm³/mol. The number of nitrogens with one attached hydrogen (secondary N) is 1. The van der Waals surface area contributed by atoms with E-state index < -0.39 is 0 Å². The smallest absolute Gasteiger partial charge is 0.192 e. The quantitative estimate of drug-likeness (QED) is 0.396. The van der Waals surface area contributed by atoms with Gasteiger partial charge in [-0.05, 0) is 27.1 Å². The fourth-order valence-electron chi connectivity index (χ4n) is 1.95. The number of hydrogen-bond donors (Lipinski definition) is 3. The molecule has 0 unspecified atom stereocenters. The van der Waals surface area contributed by atoms with Crippen molar-refractivity contribution in [1.29, 1.82) is 0 Å². The van der Waals surface area contributed by atoms with Gasteiger partial charge >= 0.3 is 0 Å². The Hall–Kier alpha value is -2.15. The summed E-state index contributed by atoms with van der Waals surface area (Å²) in [6, 6.07) is 3.75. The summed E-state index contributed by atoms with van der Waals surface area (Å²) in [5.41, 5.74) is 14.2. The fourth-order valence-corrected chi connectivity index (χ4v) is 1.95. The van der Waals surface area contributed by atoms with E-state index in [-0.39, 0.29) is 0 Å². The van der Waals surface area contributed by atoms with Crippen LogP contribution in [-0.2, 0) is 0 Å². The normalized spacial score (nSPS) is 11.6. The molecule has 0 aliphatic rings. The summed E-state index contributed by atoms with van der Waals surface area (Å²) in [5.74, 6) is 1.02. The molecule has 22 heavy (non-hydrogen) atoms. The van der Waals surface area contributed by atoms with Gasteiger partial charge in [0.2, 0.25) is 0 Å². The van der Waals surface area contributed by atoms with Crippen LogP contribution in [0.1, 0.15) is 6.92 Å². The Balaban J connectivity index is 3.07. The Morgan fingerprint density at radius 1 is 1.27 bits per heavy atom. The Morgan fingerprint density at radius 3 is 2.50 bits per heavy atom. The van der Waals surface area contributed by atoms with Crippen LogP contribution in [0.25, 0.3) is 0 Å². The molecule has 1 aromatic carbocycles. The van der Waals surface area contributed by atoms with Crippen LogP contribution >= 0.6 is 0 Å². The maximum Gasteiger partial charge on any atom is 0.192 e. The number of nitrogens with zero attached hydrogens (tertiary/aromatic N) is 3. The van der Waals surface area contributed by atoms with Gasteiger partial charge in [-0.2, -0.15) is 0 Å². The zero-order valence-electron chi connectivity index (χ0n) is 14.2. The molecule has 0 amide bonds. The van der Waals surface area contributed by atoms with Gasteiger partial charge in [-0.25, -0.2) is 0 Å². The molecule has 0 saturated carbocycles. The number of rotatable bonds is 7. The van der Waals surface area contributed by atoms with E-state index in [0.717, 1.165) is 18.8 Å². The second-order valence-electron chi connectivity index (χ2n) is 5.30. The molecule has 0 spiro atoms. The van der Waals surface area contributed by atoms with E-state index >= 15 is 0 Å². The van der Waals surface area contributed by atoms with E-state index in [4.69, 9.17) is 16.2 Å². The largest absolute Gasteiger partial charge is 0.492 e. The maximum absolute atomic E-state index is 6.18. The molecule has 1 aromatic rings. The summed E-state index contributed by atoms with van der Waals surface area (Å²) in [5, 5.41) is 3.00. The Morgan fingerprint density at radius 2 is 1.95 bits per heavy atom. The molecule has 0 aliphatic heterocycles. The number of hydrogen-bond acceptors (Lipinski definition) is 5. The first-order valence-electron chi connectivity index (χ1n) is 7.30. The molecule has 0 fully saturated rings. The van der Waals surface area contributed by atoms with Crippen LogP contribution < -0.4 is 26.4 Å². The van der Waals surface area contributed by atoms with Gasteiger partial charge in [0.15, 0.2) is 5.96 Å². The molecule has 7 heteroatoms. The highest BCUT2D eigenvalue weighted by molar-refractivity contribution is 5.95. The van der Waals surface area contributed by atoms with Crippen LogP contribution in [0.5, 0.6) is 5.75 Å². The molecule has 5 N–H and O–H groups in total. The summed E-state index contributed by atoms with van der Waals surface area (Å²) in [7, 11) is 7.72. The number of nitrogens with two attached hydrogens (primary N) is 2. The first-order valence-corrected chi connectivity index (χ1v) is 7.30. The van der Waals surface area contributed by atoms with E-state index in [2.05, 4.69) is 20.1 Å². The average Bonchev–Trinajstić information content (AvgIpc) is 2.47. The number of anilines is 3. The van der Waals surface area contributed by atoms with Crippen molar-refractivity contribution < 1.29 is 4.74 Å². The van der Waals surface area contributed by atoms with Gasteiger partial charge in [-0.3, -0.25) is 4.99 Å². The molecule has 0 saturated heterocycles. The minimum absolute atomic E-state index is 0.314. The van der Waals surface area contributed by atoms with E-state index in [1.807, 2.05) is 40.2 Å². The van der Waals surface area contributed by atoms with Crippen molar-refractivity contribution in [3.05, 3.63) is 12.1 Å². The second-order valence-corrected chi connectivity index (χ2v) is 5.30. The lowest BCUT2D eigenvalue weighted by molar-refractivity contribution is 0.342. The van der Waals surface area contributed by atoms with Gasteiger partial charge in [0.25, 0.3) is 0 Å². The zero-order chi connectivity index (χ0) is 16.7. The summed E-state index contributed by atoms with van der Waals surface area (Å²) >= 11 is 0. The van der Waals surface area contributed by atoms with Crippen molar-refractivity contribution in [3.8, 4) is 5.75 Å². The Labute approximate surface area is 132 Å². The van der Waals surface area contributed by atoms with E-state index in [1.165, 1.54) is 0 Å². The Kier molecular flexibility index (Phi) is 6.78. The molecule has 0 bridgehead atoms. The van der Waals surface area contributed by atoms with Crippen molar-refractivity contribution >= 4 is 23.0 Å². The fraction of sp³-hybridized carbons (Fsp3) is 0.533. The lowest BCUT2D eigenvalue weighted by Crippen LogP contribution is -2.29. The standard InChI is InChI=1S/C15H28N6O/c1-6-22-14-10-13(21(5)8-7-20(3)4)11(16)9-12(14)19-15(17)18-2/h9-10H,6-8,16H2,1-5H3,(H3,17,18,19). The molecule has 0 heterocycles. The molecule has 7 nitrogen and oxygen atoms in total. The van der Waals surface area contributed by atoms with Gasteiger partial charge in [0.05, 0.1) is 23.7 Å². The lowest BCUT2D eigenvalue weighted by Gasteiger charge is -2.24. The van der Waals surface area contributed by atoms with Gasteiger partial charge in [0, 0.05) is 33.3 Å². The highest BCUT2D eigenvalue weighted by Gasteiger charge is 2.13. The zero-order valence-corrected chi connectivity index (χ0v) is 14.2. The molecule has 1 rings (SSSR count). The first kappa shape index (κ1) is 17.9. The van der Waals surface area contributed by atoms with Crippen LogP contribution in [0.2, 0.25) is 0 Å². The van der Waals surface area contributed by atoms with Crippen molar-refractivity contribution in [2.24, 2.45) is 10.7 Å². The Bertz CT molecular complexity index is 515. The van der Waals surface area contributed by atoms with Crippen molar-refractivity contribution in [2.75, 3.05) is 63.8 Å². The minimum Gasteiger partial charge on any atom is -0.492 e. The second kappa shape index (κ2) is 8.33. The van der Waals surface area contributed by atoms with Crippen molar-refractivity contribution in [2.45, 2.75) is 6.92 Å². The van der Waals surface area contributed by atoms with Crippen LogP contribution in [0.15, 0.2) is 17.1 Å². The maximum atomic E-state index is 6.18. The van der Waals surface area contributed by atoms with E-state index in [1.54, 1.807) is 7.05 Å². The monoisotopic (exact) mass is 308 g/mol. The van der Waals surface area contributed by atoms with E-state index in [0.29, 0.717) is 29.7 Å². The van der Waals surface area contributed by atoms with Crippen molar-refractivity contribution in [1.82, 2.24) is 4.90 Å². The summed E-state index contributed by atoms with van der Waals surface area (Å²) in [6.07, 6.45) is 0. The number of nitrogen functional groups attached to an aromatic ring is 1. The highest BCUT2D eigenvalue weighted by Crippen LogP contribution is 2.35. The molecule has 0 aromatic heterocycles. The average molecular weight is 308 g/mol. The molecule has 124 valence electrons. The number of benzene rings is 1. The summed E-state index contributed by atoms with van der Waals surface area (Å²) in [6.45, 7) is 4.30. The first-order chi connectivity index (χ1) is 10.4. The summed E-state index contributed by atoms with van der Waals surface area (Å²) in [4.78, 5) is 8.13.